The third-order valence-electron chi connectivity index (χ3n) is 5.47. The van der Waals surface area contributed by atoms with Gasteiger partial charge in [-0.3, -0.25) is 0 Å². The summed E-state index contributed by atoms with van der Waals surface area (Å²) in [4.78, 5) is 31.4. The van der Waals surface area contributed by atoms with E-state index in [0.29, 0.717) is 28.9 Å². The summed E-state index contributed by atoms with van der Waals surface area (Å²) in [6.45, 7) is 8.28. The first-order valence-electron chi connectivity index (χ1n) is 10.3. The normalized spacial score (nSPS) is 16.8. The van der Waals surface area contributed by atoms with E-state index in [4.69, 9.17) is 0 Å². The predicted octanol–water partition coefficient (Wildman–Crippen LogP) is 4.22. The van der Waals surface area contributed by atoms with Crippen molar-refractivity contribution >= 4 is 34.3 Å². The second kappa shape index (κ2) is 8.22. The number of aromatic nitrogens is 4. The Morgan fingerprint density at radius 3 is 2.77 bits per heavy atom. The number of rotatable bonds is 5. The summed E-state index contributed by atoms with van der Waals surface area (Å²) in [7, 11) is 0. The highest BCUT2D eigenvalue weighted by Crippen LogP contribution is 2.29. The van der Waals surface area contributed by atoms with Gasteiger partial charge in [-0.05, 0) is 47.8 Å². The van der Waals surface area contributed by atoms with Crippen LogP contribution in [0.2, 0.25) is 0 Å². The van der Waals surface area contributed by atoms with E-state index in [1.807, 2.05) is 6.07 Å². The minimum Gasteiger partial charge on any atom is -0.476 e. The van der Waals surface area contributed by atoms with Crippen LogP contribution in [0.5, 0.6) is 0 Å². The van der Waals surface area contributed by atoms with Gasteiger partial charge in [0.05, 0.1) is 0 Å². The largest absolute Gasteiger partial charge is 0.476 e. The molecule has 1 aliphatic heterocycles. The fraction of sp³-hybridized carbons (Fsp3) is 0.409. The van der Waals surface area contributed by atoms with Crippen molar-refractivity contribution in [3.63, 3.8) is 0 Å². The molecule has 4 heterocycles. The van der Waals surface area contributed by atoms with Crippen molar-refractivity contribution in [3.05, 3.63) is 42.0 Å². The van der Waals surface area contributed by atoms with Crippen molar-refractivity contribution in [2.24, 2.45) is 5.92 Å². The van der Waals surface area contributed by atoms with Crippen molar-refractivity contribution in [1.29, 1.82) is 0 Å². The number of fused-ring (bicyclic) bond motifs is 1. The molecular formula is C22H26N6O2. The van der Waals surface area contributed by atoms with Crippen LogP contribution >= 0.6 is 0 Å². The lowest BCUT2D eigenvalue weighted by molar-refractivity contribution is 0.0693. The van der Waals surface area contributed by atoms with E-state index in [-0.39, 0.29) is 11.6 Å². The number of anilines is 3. The van der Waals surface area contributed by atoms with E-state index in [2.05, 4.69) is 50.9 Å². The Labute approximate surface area is 175 Å². The number of nitrogens with zero attached hydrogens (tertiary/aromatic N) is 5. The highest BCUT2D eigenvalue weighted by molar-refractivity contribution is 6.03. The lowest BCUT2D eigenvalue weighted by Gasteiger charge is -2.30. The maximum atomic E-state index is 11.6. The molecule has 8 nitrogen and oxygen atoms in total. The molecule has 3 aromatic rings. The Morgan fingerprint density at radius 1 is 1.20 bits per heavy atom. The van der Waals surface area contributed by atoms with Gasteiger partial charge >= 0.3 is 5.97 Å². The van der Waals surface area contributed by atoms with Gasteiger partial charge in [0.25, 0.3) is 0 Å². The number of aromatic carboxylic acids is 1. The van der Waals surface area contributed by atoms with Crippen molar-refractivity contribution in [3.8, 4) is 0 Å². The number of carboxylic acid groups (broad SMARTS) is 1. The molecule has 1 fully saturated rings. The molecule has 4 rings (SSSR count). The van der Waals surface area contributed by atoms with Gasteiger partial charge in [-0.25, -0.2) is 19.7 Å². The molecule has 1 saturated heterocycles. The summed E-state index contributed by atoms with van der Waals surface area (Å²) in [5, 5.41) is 14.1. The zero-order valence-electron chi connectivity index (χ0n) is 17.5. The van der Waals surface area contributed by atoms with Crippen molar-refractivity contribution in [1.82, 2.24) is 19.9 Å². The maximum Gasteiger partial charge on any atom is 0.355 e. The summed E-state index contributed by atoms with van der Waals surface area (Å²) in [5.41, 5.74) is 0.989. The van der Waals surface area contributed by atoms with E-state index < -0.39 is 5.97 Å². The smallest absolute Gasteiger partial charge is 0.355 e. The molecule has 1 unspecified atom stereocenters. The van der Waals surface area contributed by atoms with Gasteiger partial charge < -0.3 is 15.3 Å². The average Bonchev–Trinajstić information content (AvgIpc) is 2.72. The SMILES string of the molecule is CC1CCCN(c2nccc(Nc3cc4c(C(C)C)cnc(C(=O)O)c4cn3)n2)C1. The zero-order valence-corrected chi connectivity index (χ0v) is 17.5. The molecule has 156 valence electrons. The first-order chi connectivity index (χ1) is 14.4. The number of piperidine rings is 1. The Hall–Kier alpha value is -3.29. The Kier molecular flexibility index (Phi) is 5.48. The molecule has 30 heavy (non-hydrogen) atoms. The number of nitrogens with one attached hydrogen (secondary N) is 1. The molecule has 0 saturated carbocycles. The Morgan fingerprint density at radius 2 is 2.03 bits per heavy atom. The first-order valence-corrected chi connectivity index (χ1v) is 10.3. The van der Waals surface area contributed by atoms with E-state index in [1.54, 1.807) is 24.7 Å². The third-order valence-corrected chi connectivity index (χ3v) is 5.47. The summed E-state index contributed by atoms with van der Waals surface area (Å²) >= 11 is 0. The van der Waals surface area contributed by atoms with Crippen molar-refractivity contribution < 1.29 is 9.90 Å². The minimum atomic E-state index is -1.06. The van der Waals surface area contributed by atoms with Gasteiger partial charge in [0.1, 0.15) is 11.6 Å². The monoisotopic (exact) mass is 406 g/mol. The van der Waals surface area contributed by atoms with Gasteiger partial charge in [-0.2, -0.15) is 4.98 Å². The fourth-order valence-electron chi connectivity index (χ4n) is 3.93. The van der Waals surface area contributed by atoms with Crippen LogP contribution in [0, 0.1) is 5.92 Å². The van der Waals surface area contributed by atoms with Crippen molar-refractivity contribution in [2.75, 3.05) is 23.3 Å². The lowest BCUT2D eigenvalue weighted by atomic mass is 9.98. The number of hydrogen-bond donors (Lipinski definition) is 2. The molecule has 0 amide bonds. The second-order valence-electron chi connectivity index (χ2n) is 8.20. The third kappa shape index (κ3) is 4.03. The molecule has 2 N–H and O–H groups in total. The molecule has 0 aliphatic carbocycles. The van der Waals surface area contributed by atoms with Gasteiger partial charge in [0.15, 0.2) is 5.69 Å². The van der Waals surface area contributed by atoms with E-state index in [0.717, 1.165) is 30.5 Å². The van der Waals surface area contributed by atoms with Crippen LogP contribution in [0.3, 0.4) is 0 Å². The highest BCUT2D eigenvalue weighted by atomic mass is 16.4. The molecule has 0 aromatic carbocycles. The first kappa shape index (κ1) is 20.0. The van der Waals surface area contributed by atoms with Crippen LogP contribution in [0.4, 0.5) is 17.6 Å². The summed E-state index contributed by atoms with van der Waals surface area (Å²) in [6.07, 6.45) is 7.33. The predicted molar refractivity (Wildman–Crippen MR) is 117 cm³/mol. The van der Waals surface area contributed by atoms with Gasteiger partial charge in [0, 0.05) is 37.1 Å². The fourth-order valence-corrected chi connectivity index (χ4v) is 3.93. The van der Waals surface area contributed by atoms with E-state index in [9.17, 15) is 9.90 Å². The topological polar surface area (TPSA) is 104 Å². The number of carbonyl (C=O) groups is 1. The Bertz CT molecular complexity index is 1080. The van der Waals surface area contributed by atoms with Gasteiger partial charge in [-0.1, -0.05) is 20.8 Å². The Balaban J connectivity index is 1.67. The van der Waals surface area contributed by atoms with Crippen LogP contribution in [0.25, 0.3) is 10.8 Å². The van der Waals surface area contributed by atoms with Crippen molar-refractivity contribution in [2.45, 2.75) is 39.5 Å². The van der Waals surface area contributed by atoms with Crippen LogP contribution in [0.1, 0.15) is 55.6 Å². The summed E-state index contributed by atoms with van der Waals surface area (Å²) in [5.74, 6) is 1.74. The molecule has 1 aliphatic rings. The molecular weight excluding hydrogens is 380 g/mol. The number of carboxylic acids is 1. The minimum absolute atomic E-state index is 0.0111. The molecule has 0 bridgehead atoms. The summed E-state index contributed by atoms with van der Waals surface area (Å²) < 4.78 is 0. The van der Waals surface area contributed by atoms with Crippen LogP contribution in [0.15, 0.2) is 30.7 Å². The van der Waals surface area contributed by atoms with Gasteiger partial charge in [0.2, 0.25) is 5.95 Å². The zero-order chi connectivity index (χ0) is 21.3. The highest BCUT2D eigenvalue weighted by Gasteiger charge is 2.19. The van der Waals surface area contributed by atoms with E-state index in [1.165, 1.54) is 6.42 Å². The van der Waals surface area contributed by atoms with E-state index >= 15 is 0 Å². The maximum absolute atomic E-state index is 11.6. The lowest BCUT2D eigenvalue weighted by Crippen LogP contribution is -2.35. The average molecular weight is 406 g/mol. The molecule has 8 heteroatoms. The number of hydrogen-bond acceptors (Lipinski definition) is 7. The molecule has 0 spiro atoms. The summed E-state index contributed by atoms with van der Waals surface area (Å²) in [6, 6.07) is 3.67. The number of pyridine rings is 2. The van der Waals surface area contributed by atoms with Gasteiger partial charge in [-0.15, -0.1) is 0 Å². The van der Waals surface area contributed by atoms with Crippen LogP contribution in [-0.4, -0.2) is 44.1 Å². The standard InChI is InChI=1S/C22H26N6O2/c1-13(2)16-10-25-20(21(29)30)17-11-24-19(9-15(16)17)26-18-6-7-23-22(27-18)28-8-4-5-14(3)12-28/h6-7,9-11,13-14H,4-5,8,12H2,1-3H3,(H,29,30)(H,23,24,26,27). The quantitative estimate of drug-likeness (QED) is 0.649. The van der Waals surface area contributed by atoms with Crippen LogP contribution in [-0.2, 0) is 0 Å². The second-order valence-corrected chi connectivity index (χ2v) is 8.20. The van der Waals surface area contributed by atoms with Crippen LogP contribution < -0.4 is 10.2 Å². The molecule has 0 radical (unpaired) electrons. The molecule has 1 atom stereocenters. The molecule has 3 aromatic heterocycles.